The zero-order chi connectivity index (χ0) is 17.6. The highest BCUT2D eigenvalue weighted by Crippen LogP contribution is 2.26. The molecule has 1 aromatic heterocycles. The Labute approximate surface area is 149 Å². The molecule has 0 saturated carbocycles. The van der Waals surface area contributed by atoms with E-state index in [0.717, 1.165) is 32.5 Å². The quantitative estimate of drug-likeness (QED) is 0.773. The fourth-order valence-electron chi connectivity index (χ4n) is 3.18. The Morgan fingerprint density at radius 2 is 2.16 bits per heavy atom. The van der Waals surface area contributed by atoms with Crippen molar-refractivity contribution in [1.82, 2.24) is 19.6 Å². The van der Waals surface area contributed by atoms with Gasteiger partial charge in [0.2, 0.25) is 0 Å². The minimum absolute atomic E-state index is 0.0510. The molecule has 1 fully saturated rings. The molecule has 2 heterocycles. The molecule has 1 saturated heterocycles. The summed E-state index contributed by atoms with van der Waals surface area (Å²) in [5.74, 6) is 0.717. The second-order valence-corrected chi connectivity index (χ2v) is 6.67. The van der Waals surface area contributed by atoms with Gasteiger partial charge in [-0.3, -0.25) is 9.48 Å². The van der Waals surface area contributed by atoms with Crippen LogP contribution < -0.4 is 4.74 Å². The van der Waals surface area contributed by atoms with Crippen molar-refractivity contribution in [3.63, 3.8) is 0 Å². The van der Waals surface area contributed by atoms with Gasteiger partial charge in [-0.15, -0.1) is 0 Å². The van der Waals surface area contributed by atoms with E-state index in [4.69, 9.17) is 4.74 Å². The van der Waals surface area contributed by atoms with Crippen LogP contribution in [0, 0.1) is 0 Å². The van der Waals surface area contributed by atoms with Crippen LogP contribution in [0.1, 0.15) is 23.2 Å². The summed E-state index contributed by atoms with van der Waals surface area (Å²) in [6.07, 6.45) is 5.75. The van der Waals surface area contributed by atoms with Crippen molar-refractivity contribution in [2.45, 2.75) is 25.4 Å². The molecule has 25 heavy (non-hydrogen) atoms. The molecule has 1 aliphatic heterocycles. The van der Waals surface area contributed by atoms with E-state index in [1.807, 2.05) is 60.2 Å². The van der Waals surface area contributed by atoms with Crippen molar-refractivity contribution in [3.05, 3.63) is 48.3 Å². The molecule has 1 unspecified atom stereocenters. The number of benzene rings is 1. The molecule has 0 aliphatic carbocycles. The number of rotatable bonds is 7. The topological polar surface area (TPSA) is 50.6 Å². The summed E-state index contributed by atoms with van der Waals surface area (Å²) in [6.45, 7) is 2.90. The minimum atomic E-state index is 0.0510. The number of hydrogen-bond donors (Lipinski definition) is 0. The van der Waals surface area contributed by atoms with Gasteiger partial charge in [0.05, 0.1) is 18.2 Å². The molecular formula is C19H26N4O2. The predicted octanol–water partition coefficient (Wildman–Crippen LogP) is 2.13. The molecule has 6 nitrogen and oxygen atoms in total. The van der Waals surface area contributed by atoms with Crippen molar-refractivity contribution < 1.29 is 9.53 Å². The largest absolute Gasteiger partial charge is 0.491 e. The predicted molar refractivity (Wildman–Crippen MR) is 96.8 cm³/mol. The van der Waals surface area contributed by atoms with Crippen molar-refractivity contribution >= 4 is 5.91 Å². The van der Waals surface area contributed by atoms with E-state index in [9.17, 15) is 4.79 Å². The maximum atomic E-state index is 13.1. The summed E-state index contributed by atoms with van der Waals surface area (Å²) in [5, 5.41) is 4.27. The molecule has 1 aliphatic rings. The third-order valence-corrected chi connectivity index (χ3v) is 4.51. The molecule has 1 atom stereocenters. The Balaban J connectivity index is 1.71. The average Bonchev–Trinajstić information content (AvgIpc) is 3.27. The van der Waals surface area contributed by atoms with Crippen LogP contribution in [-0.2, 0) is 6.54 Å². The van der Waals surface area contributed by atoms with Crippen molar-refractivity contribution in [1.29, 1.82) is 0 Å². The van der Waals surface area contributed by atoms with Gasteiger partial charge in [-0.05, 0) is 45.1 Å². The van der Waals surface area contributed by atoms with E-state index in [1.165, 1.54) is 0 Å². The molecule has 134 valence electrons. The molecule has 0 N–H and O–H groups in total. The summed E-state index contributed by atoms with van der Waals surface area (Å²) in [5.41, 5.74) is 0.647. The van der Waals surface area contributed by atoms with E-state index >= 15 is 0 Å². The number of carbonyl (C=O) groups excluding carboxylic acids is 1. The molecule has 1 aromatic carbocycles. The van der Waals surface area contributed by atoms with Gasteiger partial charge in [0, 0.05) is 25.5 Å². The molecule has 2 aromatic rings. The summed E-state index contributed by atoms with van der Waals surface area (Å²) < 4.78 is 7.76. The third-order valence-electron chi connectivity index (χ3n) is 4.51. The maximum Gasteiger partial charge on any atom is 0.257 e. The highest BCUT2D eigenvalue weighted by molar-refractivity contribution is 5.97. The number of ether oxygens (including phenoxy) is 1. The van der Waals surface area contributed by atoms with Crippen LogP contribution in [0.5, 0.6) is 5.75 Å². The molecule has 0 bridgehead atoms. The lowest BCUT2D eigenvalue weighted by molar-refractivity contribution is 0.0717. The Morgan fingerprint density at radius 1 is 1.32 bits per heavy atom. The highest BCUT2D eigenvalue weighted by Gasteiger charge is 2.31. The normalized spacial score (nSPS) is 17.2. The lowest BCUT2D eigenvalue weighted by atomic mass is 10.1. The molecule has 0 radical (unpaired) electrons. The Kier molecular flexibility index (Phi) is 5.71. The van der Waals surface area contributed by atoms with Crippen LogP contribution in [0.4, 0.5) is 0 Å². The summed E-state index contributed by atoms with van der Waals surface area (Å²) in [7, 11) is 4.01. The number of hydrogen-bond acceptors (Lipinski definition) is 4. The first-order valence-electron chi connectivity index (χ1n) is 8.80. The van der Waals surface area contributed by atoms with Gasteiger partial charge in [0.25, 0.3) is 5.91 Å². The monoisotopic (exact) mass is 342 g/mol. The number of amides is 1. The number of likely N-dealkylation sites (N-methyl/N-ethyl adjacent to an activating group) is 1. The SMILES string of the molecule is CN(C)CCOc1ccccc1C(=O)N1CCCC1Cn1cccn1. The number of nitrogens with zero attached hydrogens (tertiary/aromatic N) is 4. The van der Waals surface area contributed by atoms with Gasteiger partial charge in [-0.1, -0.05) is 12.1 Å². The lowest BCUT2D eigenvalue weighted by Crippen LogP contribution is -2.38. The first kappa shape index (κ1) is 17.5. The lowest BCUT2D eigenvalue weighted by Gasteiger charge is -2.25. The van der Waals surface area contributed by atoms with Gasteiger partial charge >= 0.3 is 0 Å². The van der Waals surface area contributed by atoms with Gasteiger partial charge in [-0.25, -0.2) is 0 Å². The zero-order valence-corrected chi connectivity index (χ0v) is 15.0. The van der Waals surface area contributed by atoms with E-state index in [2.05, 4.69) is 10.00 Å². The molecule has 1 amide bonds. The standard InChI is InChI=1S/C19H26N4O2/c1-21(2)13-14-25-18-9-4-3-8-17(18)19(24)23-12-5-7-16(23)15-22-11-6-10-20-22/h3-4,6,8-11,16H,5,7,12-15H2,1-2H3. The highest BCUT2D eigenvalue weighted by atomic mass is 16.5. The Bertz CT molecular complexity index is 684. The van der Waals surface area contributed by atoms with Crippen molar-refractivity contribution in [2.75, 3.05) is 33.8 Å². The second kappa shape index (κ2) is 8.16. The Morgan fingerprint density at radius 3 is 2.92 bits per heavy atom. The molecule has 3 rings (SSSR count). The van der Waals surface area contributed by atoms with E-state index in [-0.39, 0.29) is 11.9 Å². The van der Waals surface area contributed by atoms with Crippen LogP contribution in [0.2, 0.25) is 0 Å². The first-order valence-corrected chi connectivity index (χ1v) is 8.80. The number of carbonyl (C=O) groups is 1. The van der Waals surface area contributed by atoms with Crippen LogP contribution in [0.25, 0.3) is 0 Å². The van der Waals surface area contributed by atoms with Gasteiger partial charge in [-0.2, -0.15) is 5.10 Å². The minimum Gasteiger partial charge on any atom is -0.491 e. The summed E-state index contributed by atoms with van der Waals surface area (Å²) in [6, 6.07) is 9.63. The van der Waals surface area contributed by atoms with Crippen LogP contribution >= 0.6 is 0 Å². The first-order chi connectivity index (χ1) is 12.1. The van der Waals surface area contributed by atoms with Crippen molar-refractivity contribution in [2.24, 2.45) is 0 Å². The number of aromatic nitrogens is 2. The smallest absolute Gasteiger partial charge is 0.257 e. The van der Waals surface area contributed by atoms with E-state index in [0.29, 0.717) is 17.9 Å². The van der Waals surface area contributed by atoms with Gasteiger partial charge in [0.1, 0.15) is 12.4 Å². The average molecular weight is 342 g/mol. The number of likely N-dealkylation sites (tertiary alicyclic amines) is 1. The molecule has 0 spiro atoms. The summed E-state index contributed by atoms with van der Waals surface area (Å²) >= 11 is 0. The zero-order valence-electron chi connectivity index (χ0n) is 15.0. The van der Waals surface area contributed by atoms with Crippen molar-refractivity contribution in [3.8, 4) is 5.75 Å². The van der Waals surface area contributed by atoms with Crippen LogP contribution in [0.3, 0.4) is 0 Å². The third kappa shape index (κ3) is 4.39. The fraction of sp³-hybridized carbons (Fsp3) is 0.474. The molecule has 6 heteroatoms. The molecular weight excluding hydrogens is 316 g/mol. The van der Waals surface area contributed by atoms with Gasteiger partial charge < -0.3 is 14.5 Å². The van der Waals surface area contributed by atoms with Crippen LogP contribution in [-0.4, -0.2) is 65.3 Å². The Hall–Kier alpha value is -2.34. The van der Waals surface area contributed by atoms with Gasteiger partial charge in [0.15, 0.2) is 0 Å². The second-order valence-electron chi connectivity index (χ2n) is 6.67. The maximum absolute atomic E-state index is 13.1. The van der Waals surface area contributed by atoms with E-state index in [1.54, 1.807) is 6.20 Å². The summed E-state index contributed by atoms with van der Waals surface area (Å²) in [4.78, 5) is 17.1. The van der Waals surface area contributed by atoms with Crippen LogP contribution in [0.15, 0.2) is 42.7 Å². The fourth-order valence-corrected chi connectivity index (χ4v) is 3.18. The number of para-hydroxylation sites is 1. The van der Waals surface area contributed by atoms with E-state index < -0.39 is 0 Å².